The van der Waals surface area contributed by atoms with E-state index >= 15 is 0 Å². The Labute approximate surface area is 138 Å². The Hall–Kier alpha value is -1.01. The van der Waals surface area contributed by atoms with Gasteiger partial charge in [-0.1, -0.05) is 12.1 Å². The molecule has 2 heterocycles. The number of fused-ring (bicyclic) bond motifs is 1. The van der Waals surface area contributed by atoms with Crippen molar-refractivity contribution in [3.8, 4) is 0 Å². The number of halogens is 1. The van der Waals surface area contributed by atoms with E-state index in [2.05, 4.69) is 9.80 Å². The lowest BCUT2D eigenvalue weighted by atomic mass is 9.93. The van der Waals surface area contributed by atoms with Gasteiger partial charge < -0.3 is 9.47 Å². The van der Waals surface area contributed by atoms with Crippen LogP contribution >= 0.6 is 0 Å². The van der Waals surface area contributed by atoms with Crippen LogP contribution in [0.15, 0.2) is 24.3 Å². The summed E-state index contributed by atoms with van der Waals surface area (Å²) < 4.78 is 24.3. The molecule has 2 atom stereocenters. The van der Waals surface area contributed by atoms with Crippen molar-refractivity contribution in [2.75, 3.05) is 53.0 Å². The first kappa shape index (κ1) is 16.8. The number of ether oxygens (including phenoxy) is 2. The third kappa shape index (κ3) is 4.73. The molecule has 3 rings (SSSR count). The number of benzene rings is 1. The molecule has 5 heteroatoms. The van der Waals surface area contributed by atoms with E-state index in [1.165, 1.54) is 17.7 Å². The summed E-state index contributed by atoms with van der Waals surface area (Å²) in [4.78, 5) is 4.89. The molecular formula is C18H27FN2O2. The van der Waals surface area contributed by atoms with Crippen molar-refractivity contribution in [1.82, 2.24) is 9.80 Å². The van der Waals surface area contributed by atoms with Crippen molar-refractivity contribution >= 4 is 0 Å². The molecular weight excluding hydrogens is 295 g/mol. The zero-order valence-corrected chi connectivity index (χ0v) is 13.9. The summed E-state index contributed by atoms with van der Waals surface area (Å²) in [6, 6.07) is 6.83. The van der Waals surface area contributed by atoms with E-state index in [0.717, 1.165) is 58.9 Å². The second kappa shape index (κ2) is 8.20. The van der Waals surface area contributed by atoms with Gasteiger partial charge in [-0.15, -0.1) is 0 Å². The van der Waals surface area contributed by atoms with Gasteiger partial charge >= 0.3 is 0 Å². The van der Waals surface area contributed by atoms with Gasteiger partial charge in [0, 0.05) is 45.8 Å². The molecule has 0 unspecified atom stereocenters. The molecule has 128 valence electrons. The van der Waals surface area contributed by atoms with E-state index in [9.17, 15) is 4.39 Å². The molecule has 2 saturated heterocycles. The van der Waals surface area contributed by atoms with Crippen LogP contribution in [0.4, 0.5) is 4.39 Å². The minimum atomic E-state index is -0.171. The van der Waals surface area contributed by atoms with Crippen LogP contribution in [0.3, 0.4) is 0 Å². The zero-order valence-electron chi connectivity index (χ0n) is 13.9. The minimum absolute atomic E-state index is 0.171. The van der Waals surface area contributed by atoms with E-state index in [1.807, 2.05) is 12.1 Å². The largest absolute Gasteiger partial charge is 0.383 e. The smallest absolute Gasteiger partial charge is 0.123 e. The van der Waals surface area contributed by atoms with Gasteiger partial charge in [-0.05, 0) is 30.7 Å². The van der Waals surface area contributed by atoms with Crippen LogP contribution in [0.2, 0.25) is 0 Å². The number of hydrogen-bond donors (Lipinski definition) is 0. The molecule has 0 aliphatic carbocycles. The highest BCUT2D eigenvalue weighted by atomic mass is 19.1. The molecule has 23 heavy (non-hydrogen) atoms. The van der Waals surface area contributed by atoms with Gasteiger partial charge in [0.25, 0.3) is 0 Å². The summed E-state index contributed by atoms with van der Waals surface area (Å²) in [6.07, 6.45) is 1.48. The maximum atomic E-state index is 13.0. The number of piperidine rings is 1. The predicted octanol–water partition coefficient (Wildman–Crippen LogP) is 1.99. The molecule has 2 aliphatic heterocycles. The normalized spacial score (nSPS) is 26.7. The number of likely N-dealkylation sites (tertiary alicyclic amines) is 1. The fourth-order valence-electron chi connectivity index (χ4n) is 3.60. The second-order valence-corrected chi connectivity index (χ2v) is 6.61. The van der Waals surface area contributed by atoms with Gasteiger partial charge in [-0.25, -0.2) is 4.39 Å². The monoisotopic (exact) mass is 322 g/mol. The van der Waals surface area contributed by atoms with Crippen molar-refractivity contribution in [3.63, 3.8) is 0 Å². The van der Waals surface area contributed by atoms with Gasteiger partial charge in [0.1, 0.15) is 5.82 Å². The first-order chi connectivity index (χ1) is 11.2. The molecule has 2 fully saturated rings. The summed E-state index contributed by atoms with van der Waals surface area (Å²) in [6.45, 7) is 7.61. The molecule has 2 aliphatic rings. The van der Waals surface area contributed by atoms with Crippen molar-refractivity contribution in [3.05, 3.63) is 35.6 Å². The van der Waals surface area contributed by atoms with E-state index < -0.39 is 0 Å². The Morgan fingerprint density at radius 3 is 2.78 bits per heavy atom. The van der Waals surface area contributed by atoms with Crippen LogP contribution in [0.1, 0.15) is 12.0 Å². The van der Waals surface area contributed by atoms with Crippen LogP contribution in [0.5, 0.6) is 0 Å². The number of nitrogens with zero attached hydrogens (tertiary/aromatic N) is 2. The van der Waals surface area contributed by atoms with Crippen LogP contribution in [-0.4, -0.2) is 69.0 Å². The molecule has 0 aromatic heterocycles. The maximum Gasteiger partial charge on any atom is 0.123 e. The highest BCUT2D eigenvalue weighted by Gasteiger charge is 2.33. The lowest BCUT2D eigenvalue weighted by molar-refractivity contribution is -0.0242. The van der Waals surface area contributed by atoms with Gasteiger partial charge in [-0.2, -0.15) is 0 Å². The second-order valence-electron chi connectivity index (χ2n) is 6.61. The minimum Gasteiger partial charge on any atom is -0.383 e. The standard InChI is InChI=1S/C18H27FN2O2/c1-22-10-8-20-9-11-23-18-14-21(7-6-16(18)13-20)12-15-2-4-17(19)5-3-15/h2-5,16,18H,6-14H2,1H3/t16-,18-/m1/s1. The topological polar surface area (TPSA) is 24.9 Å². The first-order valence-corrected chi connectivity index (χ1v) is 8.54. The fourth-order valence-corrected chi connectivity index (χ4v) is 3.60. The van der Waals surface area contributed by atoms with Crippen LogP contribution in [0, 0.1) is 11.7 Å². The van der Waals surface area contributed by atoms with Crippen molar-refractivity contribution in [1.29, 1.82) is 0 Å². The molecule has 0 amide bonds. The van der Waals surface area contributed by atoms with Gasteiger partial charge in [0.15, 0.2) is 0 Å². The molecule has 0 N–H and O–H groups in total. The molecule has 0 spiro atoms. The van der Waals surface area contributed by atoms with Gasteiger partial charge in [0.05, 0.1) is 19.3 Å². The van der Waals surface area contributed by atoms with Crippen molar-refractivity contribution in [2.45, 2.75) is 19.1 Å². The van der Waals surface area contributed by atoms with Crippen molar-refractivity contribution in [2.24, 2.45) is 5.92 Å². The Balaban J connectivity index is 1.53. The number of methoxy groups -OCH3 is 1. The third-order valence-corrected chi connectivity index (χ3v) is 4.94. The lowest BCUT2D eigenvalue weighted by Crippen LogP contribution is -2.46. The summed E-state index contributed by atoms with van der Waals surface area (Å²) in [5.74, 6) is 0.439. The van der Waals surface area contributed by atoms with E-state index in [4.69, 9.17) is 9.47 Å². The highest BCUT2D eigenvalue weighted by molar-refractivity contribution is 5.16. The molecule has 0 saturated carbocycles. The zero-order chi connectivity index (χ0) is 16.1. The molecule has 0 radical (unpaired) electrons. The molecule has 1 aromatic carbocycles. The van der Waals surface area contributed by atoms with E-state index in [0.29, 0.717) is 12.0 Å². The first-order valence-electron chi connectivity index (χ1n) is 8.54. The Morgan fingerprint density at radius 1 is 1.17 bits per heavy atom. The average molecular weight is 322 g/mol. The number of hydrogen-bond acceptors (Lipinski definition) is 4. The van der Waals surface area contributed by atoms with E-state index in [-0.39, 0.29) is 5.82 Å². The van der Waals surface area contributed by atoms with Crippen LogP contribution < -0.4 is 0 Å². The third-order valence-electron chi connectivity index (χ3n) is 4.94. The quantitative estimate of drug-likeness (QED) is 0.828. The Morgan fingerprint density at radius 2 is 2.00 bits per heavy atom. The molecule has 0 bridgehead atoms. The van der Waals surface area contributed by atoms with Crippen LogP contribution in [-0.2, 0) is 16.0 Å². The summed E-state index contributed by atoms with van der Waals surface area (Å²) >= 11 is 0. The van der Waals surface area contributed by atoms with E-state index in [1.54, 1.807) is 7.11 Å². The Kier molecular flexibility index (Phi) is 6.00. The summed E-state index contributed by atoms with van der Waals surface area (Å²) in [5, 5.41) is 0. The number of rotatable bonds is 5. The lowest BCUT2D eigenvalue weighted by Gasteiger charge is -2.38. The highest BCUT2D eigenvalue weighted by Crippen LogP contribution is 2.25. The summed E-state index contributed by atoms with van der Waals surface area (Å²) in [7, 11) is 1.76. The summed E-state index contributed by atoms with van der Waals surface area (Å²) in [5.41, 5.74) is 1.17. The van der Waals surface area contributed by atoms with Gasteiger partial charge in [-0.3, -0.25) is 9.80 Å². The molecule has 4 nitrogen and oxygen atoms in total. The average Bonchev–Trinajstić information content (AvgIpc) is 2.76. The molecule has 1 aromatic rings. The fraction of sp³-hybridized carbons (Fsp3) is 0.667. The predicted molar refractivity (Wildman–Crippen MR) is 87.8 cm³/mol. The Bertz CT molecular complexity index is 482. The van der Waals surface area contributed by atoms with Crippen molar-refractivity contribution < 1.29 is 13.9 Å². The van der Waals surface area contributed by atoms with Gasteiger partial charge in [0.2, 0.25) is 0 Å². The van der Waals surface area contributed by atoms with Crippen LogP contribution in [0.25, 0.3) is 0 Å². The maximum absolute atomic E-state index is 13.0. The SMILES string of the molecule is COCCN1CCO[C@@H]2CN(Cc3ccc(F)cc3)CC[C@@H]2C1.